The molecule has 1 aliphatic rings. The summed E-state index contributed by atoms with van der Waals surface area (Å²) < 4.78 is 0. The molecule has 0 spiro atoms. The molecule has 2 nitrogen and oxygen atoms in total. The van der Waals surface area contributed by atoms with Gasteiger partial charge in [-0.1, -0.05) is 26.7 Å². The second kappa shape index (κ2) is 6.33. The molecule has 1 aromatic heterocycles. The molecular weight excluding hydrogens is 220 g/mol. The highest BCUT2D eigenvalue weighted by molar-refractivity contribution is 5.14. The average Bonchev–Trinajstić information content (AvgIpc) is 2.40. The van der Waals surface area contributed by atoms with E-state index in [0.717, 1.165) is 11.8 Å². The lowest BCUT2D eigenvalue weighted by atomic mass is 9.77. The van der Waals surface area contributed by atoms with Gasteiger partial charge in [0, 0.05) is 24.5 Å². The molecule has 18 heavy (non-hydrogen) atoms. The van der Waals surface area contributed by atoms with E-state index in [1.165, 1.54) is 31.2 Å². The summed E-state index contributed by atoms with van der Waals surface area (Å²) in [6.45, 7) is 6.99. The van der Waals surface area contributed by atoms with Crippen molar-refractivity contribution in [3.8, 4) is 0 Å². The molecule has 0 aliphatic heterocycles. The third-order valence-electron chi connectivity index (χ3n) is 4.35. The maximum Gasteiger partial charge on any atom is 0.0295 e. The second-order valence-corrected chi connectivity index (χ2v) is 5.97. The Balaban J connectivity index is 1.99. The first-order chi connectivity index (χ1) is 8.68. The highest BCUT2D eigenvalue weighted by Gasteiger charge is 2.28. The molecule has 1 N–H and O–H groups in total. The maximum absolute atomic E-state index is 4.09. The number of pyridine rings is 1. The number of hydrogen-bond acceptors (Lipinski definition) is 2. The van der Waals surface area contributed by atoms with Crippen molar-refractivity contribution < 1.29 is 0 Å². The van der Waals surface area contributed by atoms with Crippen LogP contribution in [0.4, 0.5) is 0 Å². The summed E-state index contributed by atoms with van der Waals surface area (Å²) in [6.07, 6.45) is 9.27. The zero-order chi connectivity index (χ0) is 13.0. The van der Waals surface area contributed by atoms with Gasteiger partial charge < -0.3 is 5.32 Å². The molecular formula is C16H26N2. The van der Waals surface area contributed by atoms with Gasteiger partial charge in [-0.2, -0.15) is 0 Å². The van der Waals surface area contributed by atoms with E-state index in [1.807, 2.05) is 12.4 Å². The number of nitrogens with one attached hydrogen (secondary N) is 1. The Morgan fingerprint density at radius 2 is 1.78 bits per heavy atom. The van der Waals surface area contributed by atoms with Gasteiger partial charge in [-0.25, -0.2) is 0 Å². The van der Waals surface area contributed by atoms with Crippen LogP contribution in [-0.4, -0.2) is 11.0 Å². The van der Waals surface area contributed by atoms with E-state index >= 15 is 0 Å². The standard InChI is InChI=1S/C16H26N2/c1-12(2)15-6-4-5-7-16(15)18-13(3)14-8-10-17-11-9-14/h8-13,15-16,18H,4-7H2,1-3H3/t13-,15?,16?/m1/s1. The van der Waals surface area contributed by atoms with Crippen LogP contribution in [0.2, 0.25) is 0 Å². The predicted octanol–water partition coefficient (Wildman–Crippen LogP) is 3.95. The minimum absolute atomic E-state index is 0.428. The molecule has 1 aromatic rings. The van der Waals surface area contributed by atoms with Gasteiger partial charge in [0.25, 0.3) is 0 Å². The van der Waals surface area contributed by atoms with Crippen molar-refractivity contribution in [2.24, 2.45) is 11.8 Å². The predicted molar refractivity (Wildman–Crippen MR) is 76.4 cm³/mol. The lowest BCUT2D eigenvalue weighted by Gasteiger charge is -2.37. The lowest BCUT2D eigenvalue weighted by molar-refractivity contribution is 0.195. The molecule has 1 fully saturated rings. The highest BCUT2D eigenvalue weighted by atomic mass is 15.0. The summed E-state index contributed by atoms with van der Waals surface area (Å²) >= 11 is 0. The third kappa shape index (κ3) is 3.32. The summed E-state index contributed by atoms with van der Waals surface area (Å²) in [5, 5.41) is 3.84. The van der Waals surface area contributed by atoms with E-state index in [0.29, 0.717) is 12.1 Å². The Kier molecular flexibility index (Phi) is 4.76. The van der Waals surface area contributed by atoms with Crippen molar-refractivity contribution in [1.82, 2.24) is 10.3 Å². The van der Waals surface area contributed by atoms with Crippen molar-refractivity contribution in [2.45, 2.75) is 58.5 Å². The van der Waals surface area contributed by atoms with Crippen LogP contribution in [0.5, 0.6) is 0 Å². The van der Waals surface area contributed by atoms with Crippen molar-refractivity contribution in [2.75, 3.05) is 0 Å². The van der Waals surface area contributed by atoms with Gasteiger partial charge in [0.05, 0.1) is 0 Å². The van der Waals surface area contributed by atoms with E-state index in [2.05, 4.69) is 43.2 Å². The summed E-state index contributed by atoms with van der Waals surface area (Å²) in [4.78, 5) is 4.09. The van der Waals surface area contributed by atoms with Crippen molar-refractivity contribution in [3.05, 3.63) is 30.1 Å². The van der Waals surface area contributed by atoms with Crippen molar-refractivity contribution >= 4 is 0 Å². The van der Waals surface area contributed by atoms with Crippen LogP contribution in [0.25, 0.3) is 0 Å². The van der Waals surface area contributed by atoms with E-state index in [4.69, 9.17) is 0 Å². The van der Waals surface area contributed by atoms with Crippen LogP contribution in [-0.2, 0) is 0 Å². The van der Waals surface area contributed by atoms with E-state index in [1.54, 1.807) is 0 Å². The molecule has 1 aliphatic carbocycles. The lowest BCUT2D eigenvalue weighted by Crippen LogP contribution is -2.42. The minimum atomic E-state index is 0.428. The summed E-state index contributed by atoms with van der Waals surface area (Å²) in [5.41, 5.74) is 1.35. The molecule has 1 saturated carbocycles. The van der Waals surface area contributed by atoms with Gasteiger partial charge in [0.15, 0.2) is 0 Å². The quantitative estimate of drug-likeness (QED) is 0.870. The fraction of sp³-hybridized carbons (Fsp3) is 0.688. The highest BCUT2D eigenvalue weighted by Crippen LogP contribution is 2.31. The summed E-state index contributed by atoms with van der Waals surface area (Å²) in [5.74, 6) is 1.62. The SMILES string of the molecule is CC(C)C1CCCCC1N[C@H](C)c1ccncc1. The van der Waals surface area contributed by atoms with Gasteiger partial charge in [-0.05, 0) is 49.3 Å². The van der Waals surface area contributed by atoms with Gasteiger partial charge in [0.1, 0.15) is 0 Å². The topological polar surface area (TPSA) is 24.9 Å². The fourth-order valence-corrected chi connectivity index (χ4v) is 3.23. The third-order valence-corrected chi connectivity index (χ3v) is 4.35. The number of rotatable bonds is 4. The first-order valence-electron chi connectivity index (χ1n) is 7.34. The Hall–Kier alpha value is -0.890. The molecule has 3 atom stereocenters. The number of hydrogen-bond donors (Lipinski definition) is 1. The fourth-order valence-electron chi connectivity index (χ4n) is 3.23. The number of aromatic nitrogens is 1. The molecule has 1 heterocycles. The van der Waals surface area contributed by atoms with Gasteiger partial charge in [-0.15, -0.1) is 0 Å². The van der Waals surface area contributed by atoms with Crippen LogP contribution >= 0.6 is 0 Å². The summed E-state index contributed by atoms with van der Waals surface area (Å²) in [7, 11) is 0. The van der Waals surface area contributed by atoms with Crippen LogP contribution in [0, 0.1) is 11.8 Å². The molecule has 0 amide bonds. The Morgan fingerprint density at radius 3 is 2.44 bits per heavy atom. The largest absolute Gasteiger partial charge is 0.307 e. The average molecular weight is 246 g/mol. The van der Waals surface area contributed by atoms with Crippen LogP contribution in [0.3, 0.4) is 0 Å². The number of nitrogens with zero attached hydrogens (tertiary/aromatic N) is 1. The first-order valence-corrected chi connectivity index (χ1v) is 7.34. The minimum Gasteiger partial charge on any atom is -0.307 e. The van der Waals surface area contributed by atoms with E-state index < -0.39 is 0 Å². The molecule has 2 rings (SSSR count). The van der Waals surface area contributed by atoms with Gasteiger partial charge in [-0.3, -0.25) is 4.98 Å². The molecule has 0 radical (unpaired) electrons. The van der Waals surface area contributed by atoms with Crippen molar-refractivity contribution in [1.29, 1.82) is 0 Å². The zero-order valence-electron chi connectivity index (χ0n) is 11.9. The van der Waals surface area contributed by atoms with E-state index in [-0.39, 0.29) is 0 Å². The smallest absolute Gasteiger partial charge is 0.0295 e. The zero-order valence-corrected chi connectivity index (χ0v) is 11.9. The Morgan fingerprint density at radius 1 is 1.11 bits per heavy atom. The van der Waals surface area contributed by atoms with E-state index in [9.17, 15) is 0 Å². The Labute approximate surface area is 111 Å². The monoisotopic (exact) mass is 246 g/mol. The second-order valence-electron chi connectivity index (χ2n) is 5.97. The summed E-state index contributed by atoms with van der Waals surface area (Å²) in [6, 6.07) is 5.34. The van der Waals surface area contributed by atoms with Crippen LogP contribution in [0.15, 0.2) is 24.5 Å². The molecule has 0 saturated heterocycles. The van der Waals surface area contributed by atoms with Crippen LogP contribution in [0.1, 0.15) is 58.1 Å². The Bertz CT molecular complexity index is 347. The molecule has 100 valence electrons. The van der Waals surface area contributed by atoms with Crippen molar-refractivity contribution in [3.63, 3.8) is 0 Å². The van der Waals surface area contributed by atoms with Crippen LogP contribution < -0.4 is 5.32 Å². The molecule has 2 unspecified atom stereocenters. The normalized spacial score (nSPS) is 26.2. The van der Waals surface area contributed by atoms with Gasteiger partial charge in [0.2, 0.25) is 0 Å². The molecule has 2 heteroatoms. The molecule has 0 aromatic carbocycles. The maximum atomic E-state index is 4.09. The first kappa shape index (κ1) is 13.5. The van der Waals surface area contributed by atoms with Gasteiger partial charge >= 0.3 is 0 Å². The molecule has 0 bridgehead atoms.